The minimum absolute atomic E-state index is 0.139. The number of rotatable bonds is 8. The fourth-order valence-corrected chi connectivity index (χ4v) is 3.10. The molecule has 1 atom stereocenters. The van der Waals surface area contributed by atoms with Gasteiger partial charge in [-0.25, -0.2) is 4.79 Å². The van der Waals surface area contributed by atoms with Crippen molar-refractivity contribution in [3.8, 4) is 0 Å². The van der Waals surface area contributed by atoms with E-state index < -0.39 is 12.1 Å². The van der Waals surface area contributed by atoms with Crippen LogP contribution in [0, 0.1) is 6.92 Å². The molecular formula is C24H26N2O4. The van der Waals surface area contributed by atoms with Crippen LogP contribution in [0.4, 0.5) is 4.79 Å². The van der Waals surface area contributed by atoms with E-state index in [-0.39, 0.29) is 12.5 Å². The molecule has 0 spiro atoms. The van der Waals surface area contributed by atoms with Crippen molar-refractivity contribution in [2.75, 3.05) is 7.05 Å². The molecule has 0 fully saturated rings. The van der Waals surface area contributed by atoms with Crippen LogP contribution in [0.15, 0.2) is 77.2 Å². The molecule has 0 aliphatic rings. The summed E-state index contributed by atoms with van der Waals surface area (Å²) in [7, 11) is 1.69. The number of ether oxygens (including phenoxy) is 1. The molecule has 6 nitrogen and oxygen atoms in total. The molecule has 1 N–H and O–H groups in total. The number of alkyl carbamates (subject to hydrolysis) is 1. The van der Waals surface area contributed by atoms with Crippen molar-refractivity contribution in [2.45, 2.75) is 32.5 Å². The predicted molar refractivity (Wildman–Crippen MR) is 114 cm³/mol. The fourth-order valence-electron chi connectivity index (χ4n) is 3.10. The monoisotopic (exact) mass is 406 g/mol. The molecule has 0 saturated carbocycles. The molecule has 2 aromatic carbocycles. The van der Waals surface area contributed by atoms with E-state index in [0.29, 0.717) is 18.7 Å². The van der Waals surface area contributed by atoms with Crippen LogP contribution in [-0.2, 0) is 29.1 Å². The van der Waals surface area contributed by atoms with Gasteiger partial charge in [-0.2, -0.15) is 0 Å². The zero-order valence-corrected chi connectivity index (χ0v) is 17.2. The highest BCUT2D eigenvalue weighted by Crippen LogP contribution is 2.12. The number of nitrogens with zero attached hydrogens (tertiary/aromatic N) is 1. The topological polar surface area (TPSA) is 71.8 Å². The van der Waals surface area contributed by atoms with Gasteiger partial charge in [0.25, 0.3) is 0 Å². The predicted octanol–water partition coefficient (Wildman–Crippen LogP) is 4.08. The Morgan fingerprint density at radius 1 is 0.967 bits per heavy atom. The van der Waals surface area contributed by atoms with Crippen molar-refractivity contribution >= 4 is 12.0 Å². The van der Waals surface area contributed by atoms with E-state index in [1.165, 1.54) is 0 Å². The van der Waals surface area contributed by atoms with Crippen LogP contribution in [0.1, 0.15) is 22.6 Å². The van der Waals surface area contributed by atoms with Crippen molar-refractivity contribution < 1.29 is 18.7 Å². The lowest BCUT2D eigenvalue weighted by atomic mass is 10.0. The first kappa shape index (κ1) is 21.2. The van der Waals surface area contributed by atoms with E-state index in [4.69, 9.17) is 9.15 Å². The first-order valence-electron chi connectivity index (χ1n) is 9.82. The third-order valence-corrected chi connectivity index (χ3v) is 4.65. The van der Waals surface area contributed by atoms with Crippen molar-refractivity contribution in [3.63, 3.8) is 0 Å². The molecule has 1 unspecified atom stereocenters. The highest BCUT2D eigenvalue weighted by atomic mass is 16.5. The summed E-state index contributed by atoms with van der Waals surface area (Å²) in [5.74, 6) is 1.26. The molecule has 3 aromatic rings. The standard InChI is InChI=1S/C24H26N2O4/c1-18-13-14-21(30-18)16-26(2)23(27)22(15-19-9-5-3-6-10-19)25-24(28)29-17-20-11-7-4-8-12-20/h3-14,22H,15-17H2,1-2H3,(H,25,28). The molecule has 0 radical (unpaired) electrons. The number of carbonyl (C=O) groups is 2. The van der Waals surface area contributed by atoms with E-state index in [2.05, 4.69) is 5.32 Å². The summed E-state index contributed by atoms with van der Waals surface area (Å²) in [6, 6.07) is 21.9. The van der Waals surface area contributed by atoms with E-state index >= 15 is 0 Å². The normalized spacial score (nSPS) is 11.5. The van der Waals surface area contributed by atoms with E-state index in [0.717, 1.165) is 16.9 Å². The number of nitrogens with one attached hydrogen (secondary N) is 1. The third kappa shape index (κ3) is 6.24. The van der Waals surface area contributed by atoms with Crippen LogP contribution >= 0.6 is 0 Å². The van der Waals surface area contributed by atoms with Crippen LogP contribution in [0.2, 0.25) is 0 Å². The average Bonchev–Trinajstić information content (AvgIpc) is 3.17. The Morgan fingerprint density at radius 2 is 1.60 bits per heavy atom. The van der Waals surface area contributed by atoms with Crippen LogP contribution < -0.4 is 5.32 Å². The summed E-state index contributed by atoms with van der Waals surface area (Å²) in [5, 5.41) is 2.72. The van der Waals surface area contributed by atoms with Gasteiger partial charge >= 0.3 is 6.09 Å². The molecule has 0 aliphatic carbocycles. The Bertz CT molecular complexity index is 954. The summed E-state index contributed by atoms with van der Waals surface area (Å²) in [5.41, 5.74) is 1.82. The number of amides is 2. The highest BCUT2D eigenvalue weighted by molar-refractivity contribution is 5.85. The van der Waals surface area contributed by atoms with E-state index in [1.54, 1.807) is 11.9 Å². The maximum absolute atomic E-state index is 13.1. The largest absolute Gasteiger partial charge is 0.464 e. The smallest absolute Gasteiger partial charge is 0.408 e. The molecular weight excluding hydrogens is 380 g/mol. The number of benzene rings is 2. The number of furan rings is 1. The van der Waals surface area contributed by atoms with E-state index in [9.17, 15) is 9.59 Å². The van der Waals surface area contributed by atoms with Gasteiger partial charge in [0.2, 0.25) is 5.91 Å². The van der Waals surface area contributed by atoms with Gasteiger partial charge in [0.1, 0.15) is 24.2 Å². The van der Waals surface area contributed by atoms with Gasteiger partial charge in [-0.3, -0.25) is 4.79 Å². The van der Waals surface area contributed by atoms with Crippen LogP contribution in [0.3, 0.4) is 0 Å². The minimum Gasteiger partial charge on any atom is -0.464 e. The summed E-state index contributed by atoms with van der Waals surface area (Å²) >= 11 is 0. The van der Waals surface area contributed by atoms with Crippen LogP contribution in [0.5, 0.6) is 0 Å². The Kier molecular flexibility index (Phi) is 7.27. The highest BCUT2D eigenvalue weighted by Gasteiger charge is 2.25. The summed E-state index contributed by atoms with van der Waals surface area (Å²) in [6.45, 7) is 2.31. The second-order valence-electron chi connectivity index (χ2n) is 7.16. The Morgan fingerprint density at radius 3 is 2.20 bits per heavy atom. The molecule has 0 saturated heterocycles. The van der Waals surface area contributed by atoms with E-state index in [1.807, 2.05) is 79.7 Å². The van der Waals surface area contributed by atoms with Crippen LogP contribution in [0.25, 0.3) is 0 Å². The zero-order valence-electron chi connectivity index (χ0n) is 17.2. The molecule has 1 heterocycles. The minimum atomic E-state index is -0.753. The van der Waals surface area contributed by atoms with Gasteiger partial charge in [0.05, 0.1) is 6.54 Å². The van der Waals surface area contributed by atoms with Crippen molar-refractivity contribution in [1.82, 2.24) is 10.2 Å². The quantitative estimate of drug-likeness (QED) is 0.612. The van der Waals surface area contributed by atoms with Gasteiger partial charge in [-0.05, 0) is 30.2 Å². The molecule has 3 rings (SSSR count). The number of carbonyl (C=O) groups excluding carboxylic acids is 2. The van der Waals surface area contributed by atoms with Gasteiger partial charge in [0, 0.05) is 13.5 Å². The van der Waals surface area contributed by atoms with Gasteiger partial charge in [-0.15, -0.1) is 0 Å². The van der Waals surface area contributed by atoms with Crippen LogP contribution in [-0.4, -0.2) is 30.0 Å². The van der Waals surface area contributed by atoms with Crippen molar-refractivity contribution in [3.05, 3.63) is 95.4 Å². The lowest BCUT2D eigenvalue weighted by molar-refractivity contribution is -0.132. The number of aryl methyl sites for hydroxylation is 1. The van der Waals surface area contributed by atoms with Gasteiger partial charge in [0.15, 0.2) is 0 Å². The number of likely N-dealkylation sites (N-methyl/N-ethyl adjacent to an activating group) is 1. The Balaban J connectivity index is 1.65. The maximum Gasteiger partial charge on any atom is 0.408 e. The first-order valence-corrected chi connectivity index (χ1v) is 9.82. The molecule has 156 valence electrons. The van der Waals surface area contributed by atoms with Gasteiger partial charge < -0.3 is 19.4 Å². The van der Waals surface area contributed by atoms with Crippen molar-refractivity contribution in [1.29, 1.82) is 0 Å². The summed E-state index contributed by atoms with van der Waals surface area (Å²) in [4.78, 5) is 27.0. The second kappa shape index (κ2) is 10.3. The molecule has 0 bridgehead atoms. The fraction of sp³-hybridized carbons (Fsp3) is 0.250. The third-order valence-electron chi connectivity index (χ3n) is 4.65. The number of hydrogen-bond acceptors (Lipinski definition) is 4. The Labute approximate surface area is 176 Å². The maximum atomic E-state index is 13.1. The van der Waals surface area contributed by atoms with Gasteiger partial charge in [-0.1, -0.05) is 60.7 Å². The summed E-state index contributed by atoms with van der Waals surface area (Å²) in [6.07, 6.45) is -0.267. The summed E-state index contributed by atoms with van der Waals surface area (Å²) < 4.78 is 10.9. The molecule has 30 heavy (non-hydrogen) atoms. The van der Waals surface area contributed by atoms with Crippen molar-refractivity contribution in [2.24, 2.45) is 0 Å². The second-order valence-corrected chi connectivity index (χ2v) is 7.16. The lowest BCUT2D eigenvalue weighted by Crippen LogP contribution is -2.48. The molecule has 2 amide bonds. The molecule has 1 aromatic heterocycles. The number of hydrogen-bond donors (Lipinski definition) is 1. The molecule has 6 heteroatoms. The first-order chi connectivity index (χ1) is 14.5. The molecule has 0 aliphatic heterocycles. The lowest BCUT2D eigenvalue weighted by Gasteiger charge is -2.24. The average molecular weight is 406 g/mol. The SMILES string of the molecule is Cc1ccc(CN(C)C(=O)C(Cc2ccccc2)NC(=O)OCc2ccccc2)o1. The zero-order chi connectivity index (χ0) is 21.3. The Hall–Kier alpha value is -3.54.